The van der Waals surface area contributed by atoms with E-state index in [9.17, 15) is 14.4 Å². The highest BCUT2D eigenvalue weighted by Gasteiger charge is 2.26. The molecule has 0 fully saturated rings. The van der Waals surface area contributed by atoms with Crippen LogP contribution in [0.4, 0.5) is 4.79 Å². The summed E-state index contributed by atoms with van der Waals surface area (Å²) < 4.78 is 10.6. The van der Waals surface area contributed by atoms with E-state index < -0.39 is 30.2 Å². The molecule has 1 aromatic carbocycles. The number of carbonyl (C=O) groups excluding carboxylic acids is 3. The standard InChI is InChI=1S/C26H35N3O5/c1-15(2)12-20-19(13-28-25(32)34-26(5,6)7)23(18-10-8-16(3)9-11-18)22(17(4)29-20)24(31)33-14-21(27)30/h8-11,15H,12-14H2,1-7H3,(H2,27,30)(H,28,32). The lowest BCUT2D eigenvalue weighted by Gasteiger charge is -2.23. The number of nitrogens with one attached hydrogen (secondary N) is 1. The lowest BCUT2D eigenvalue weighted by atomic mass is 9.89. The minimum Gasteiger partial charge on any atom is -0.452 e. The number of nitrogens with zero attached hydrogens (tertiary/aromatic N) is 1. The number of carbonyl (C=O) groups is 3. The zero-order chi connectivity index (χ0) is 25.6. The molecule has 0 atom stereocenters. The van der Waals surface area contributed by atoms with Gasteiger partial charge in [-0.25, -0.2) is 9.59 Å². The molecular formula is C26H35N3O5. The number of nitrogens with two attached hydrogens (primary N) is 1. The number of hydrogen-bond acceptors (Lipinski definition) is 6. The van der Waals surface area contributed by atoms with E-state index in [2.05, 4.69) is 19.2 Å². The molecular weight excluding hydrogens is 434 g/mol. The summed E-state index contributed by atoms with van der Waals surface area (Å²) >= 11 is 0. The zero-order valence-corrected chi connectivity index (χ0v) is 21.1. The van der Waals surface area contributed by atoms with Gasteiger partial charge < -0.3 is 20.5 Å². The molecule has 8 nitrogen and oxygen atoms in total. The van der Waals surface area contributed by atoms with E-state index in [4.69, 9.17) is 20.2 Å². The molecule has 0 aliphatic heterocycles. The molecule has 0 spiro atoms. The highest BCUT2D eigenvalue weighted by Crippen LogP contribution is 2.33. The van der Waals surface area contributed by atoms with Crippen LogP contribution in [0, 0.1) is 19.8 Å². The van der Waals surface area contributed by atoms with Gasteiger partial charge in [-0.15, -0.1) is 0 Å². The topological polar surface area (TPSA) is 121 Å². The van der Waals surface area contributed by atoms with Gasteiger partial charge >= 0.3 is 12.1 Å². The van der Waals surface area contributed by atoms with Crippen molar-refractivity contribution in [2.24, 2.45) is 11.7 Å². The number of hydrogen-bond donors (Lipinski definition) is 2. The van der Waals surface area contributed by atoms with Crippen molar-refractivity contribution in [1.82, 2.24) is 10.3 Å². The van der Waals surface area contributed by atoms with Crippen LogP contribution >= 0.6 is 0 Å². The van der Waals surface area contributed by atoms with Crippen molar-refractivity contribution < 1.29 is 23.9 Å². The minimum absolute atomic E-state index is 0.101. The van der Waals surface area contributed by atoms with Crippen molar-refractivity contribution in [1.29, 1.82) is 0 Å². The molecule has 2 aromatic rings. The Balaban J connectivity index is 2.69. The second kappa shape index (κ2) is 11.1. The van der Waals surface area contributed by atoms with Gasteiger partial charge in [-0.05, 0) is 52.5 Å². The van der Waals surface area contributed by atoms with E-state index >= 15 is 0 Å². The first-order valence-electron chi connectivity index (χ1n) is 11.3. The minimum atomic E-state index is -0.751. The SMILES string of the molecule is Cc1ccc(-c2c(CNC(=O)OC(C)(C)C)c(CC(C)C)nc(C)c2C(=O)OCC(N)=O)cc1. The summed E-state index contributed by atoms with van der Waals surface area (Å²) in [5.74, 6) is -1.17. The lowest BCUT2D eigenvalue weighted by molar-refractivity contribution is -0.121. The Morgan fingerprint density at radius 3 is 2.24 bits per heavy atom. The third kappa shape index (κ3) is 7.57. The molecule has 2 amide bonds. The Morgan fingerprint density at radius 2 is 1.71 bits per heavy atom. The second-order valence-corrected chi connectivity index (χ2v) is 9.73. The van der Waals surface area contributed by atoms with E-state index in [0.717, 1.165) is 16.8 Å². The van der Waals surface area contributed by atoms with Crippen LogP contribution in [0.25, 0.3) is 11.1 Å². The molecule has 1 aromatic heterocycles. The number of benzene rings is 1. The fourth-order valence-corrected chi connectivity index (χ4v) is 3.52. The number of primary amides is 1. The van der Waals surface area contributed by atoms with E-state index in [0.29, 0.717) is 23.2 Å². The predicted molar refractivity (Wildman–Crippen MR) is 130 cm³/mol. The first kappa shape index (κ1) is 26.8. The van der Waals surface area contributed by atoms with E-state index in [1.807, 2.05) is 31.2 Å². The summed E-state index contributed by atoms with van der Waals surface area (Å²) in [6.45, 7) is 12.8. The maximum absolute atomic E-state index is 13.1. The number of ether oxygens (including phenoxy) is 2. The van der Waals surface area contributed by atoms with Gasteiger partial charge in [0.05, 0.1) is 11.3 Å². The Labute approximate surface area is 201 Å². The van der Waals surface area contributed by atoms with Gasteiger partial charge in [-0.3, -0.25) is 9.78 Å². The van der Waals surface area contributed by atoms with Gasteiger partial charge in [0.1, 0.15) is 5.60 Å². The number of aromatic nitrogens is 1. The van der Waals surface area contributed by atoms with Gasteiger partial charge in [0.2, 0.25) is 0 Å². The molecule has 0 aliphatic carbocycles. The Kier molecular flexibility index (Phi) is 8.79. The fraction of sp³-hybridized carbons (Fsp3) is 0.462. The van der Waals surface area contributed by atoms with Crippen molar-refractivity contribution in [3.05, 3.63) is 52.3 Å². The van der Waals surface area contributed by atoms with Gasteiger partial charge in [-0.2, -0.15) is 0 Å². The molecule has 0 saturated carbocycles. The number of aryl methyl sites for hydroxylation is 2. The first-order valence-corrected chi connectivity index (χ1v) is 11.3. The van der Waals surface area contributed by atoms with Gasteiger partial charge in [0.25, 0.3) is 5.91 Å². The van der Waals surface area contributed by atoms with Crippen LogP contribution in [0.15, 0.2) is 24.3 Å². The molecule has 0 unspecified atom stereocenters. The predicted octanol–water partition coefficient (Wildman–Crippen LogP) is 4.23. The summed E-state index contributed by atoms with van der Waals surface area (Å²) in [7, 11) is 0. The third-order valence-corrected chi connectivity index (χ3v) is 4.86. The summed E-state index contributed by atoms with van der Waals surface area (Å²) in [4.78, 5) is 41.4. The smallest absolute Gasteiger partial charge is 0.407 e. The van der Waals surface area contributed by atoms with Crippen molar-refractivity contribution >= 4 is 18.0 Å². The van der Waals surface area contributed by atoms with Gasteiger partial charge in [0, 0.05) is 23.4 Å². The van der Waals surface area contributed by atoms with E-state index in [1.165, 1.54) is 0 Å². The van der Waals surface area contributed by atoms with Crippen LogP contribution in [0.3, 0.4) is 0 Å². The van der Waals surface area contributed by atoms with Crippen LogP contribution in [-0.4, -0.2) is 35.2 Å². The number of pyridine rings is 1. The molecule has 184 valence electrons. The van der Waals surface area contributed by atoms with Crippen LogP contribution in [0.1, 0.15) is 67.5 Å². The summed E-state index contributed by atoms with van der Waals surface area (Å²) in [6, 6.07) is 7.70. The second-order valence-electron chi connectivity index (χ2n) is 9.73. The molecule has 0 bridgehead atoms. The van der Waals surface area contributed by atoms with Crippen LogP contribution in [0.5, 0.6) is 0 Å². The Bertz CT molecular complexity index is 1050. The molecule has 3 N–H and O–H groups in total. The Hall–Kier alpha value is -3.42. The van der Waals surface area contributed by atoms with Crippen LogP contribution in [-0.2, 0) is 27.2 Å². The average Bonchev–Trinajstić information content (AvgIpc) is 2.69. The Morgan fingerprint density at radius 1 is 1.09 bits per heavy atom. The van der Waals surface area contributed by atoms with Crippen molar-refractivity contribution in [2.45, 2.75) is 67.0 Å². The van der Waals surface area contributed by atoms with Crippen molar-refractivity contribution in [2.75, 3.05) is 6.61 Å². The highest BCUT2D eigenvalue weighted by atomic mass is 16.6. The molecule has 34 heavy (non-hydrogen) atoms. The quantitative estimate of drug-likeness (QED) is 0.558. The summed E-state index contributed by atoms with van der Waals surface area (Å²) in [6.07, 6.45) is 0.0676. The zero-order valence-electron chi connectivity index (χ0n) is 21.1. The molecule has 0 saturated heterocycles. The highest BCUT2D eigenvalue weighted by molar-refractivity contribution is 6.00. The summed E-state index contributed by atoms with van der Waals surface area (Å²) in [5.41, 5.74) is 9.12. The number of rotatable bonds is 8. The fourth-order valence-electron chi connectivity index (χ4n) is 3.52. The van der Waals surface area contributed by atoms with Crippen molar-refractivity contribution in [3.8, 4) is 11.1 Å². The average molecular weight is 470 g/mol. The van der Waals surface area contributed by atoms with E-state index in [1.54, 1.807) is 27.7 Å². The summed E-state index contributed by atoms with van der Waals surface area (Å²) in [5, 5.41) is 2.80. The largest absolute Gasteiger partial charge is 0.452 e. The van der Waals surface area contributed by atoms with Crippen molar-refractivity contribution in [3.63, 3.8) is 0 Å². The third-order valence-electron chi connectivity index (χ3n) is 4.86. The molecule has 2 rings (SSSR count). The maximum Gasteiger partial charge on any atom is 0.407 e. The van der Waals surface area contributed by atoms with Gasteiger partial charge in [-0.1, -0.05) is 43.7 Å². The first-order chi connectivity index (χ1) is 15.8. The molecule has 1 heterocycles. The normalized spacial score (nSPS) is 11.3. The van der Waals surface area contributed by atoms with Crippen LogP contribution in [0.2, 0.25) is 0 Å². The molecule has 0 aliphatic rings. The number of amides is 2. The molecule has 0 radical (unpaired) electrons. The van der Waals surface area contributed by atoms with Gasteiger partial charge in [0.15, 0.2) is 6.61 Å². The lowest BCUT2D eigenvalue weighted by Crippen LogP contribution is -2.33. The molecule has 8 heteroatoms. The van der Waals surface area contributed by atoms with E-state index in [-0.39, 0.29) is 18.0 Å². The number of esters is 1. The maximum atomic E-state index is 13.1. The number of alkyl carbamates (subject to hydrolysis) is 1. The van der Waals surface area contributed by atoms with Crippen LogP contribution < -0.4 is 11.1 Å². The monoisotopic (exact) mass is 469 g/mol.